The van der Waals surface area contributed by atoms with E-state index in [4.69, 9.17) is 0 Å². The number of quaternary nitrogens is 1. The van der Waals surface area contributed by atoms with Crippen LogP contribution in [0.4, 0.5) is 19.3 Å². The van der Waals surface area contributed by atoms with Crippen LogP contribution in [0.2, 0.25) is 0 Å². The van der Waals surface area contributed by atoms with E-state index in [1.54, 1.807) is 7.05 Å². The van der Waals surface area contributed by atoms with Gasteiger partial charge in [0, 0.05) is 17.8 Å². The lowest BCUT2D eigenvalue weighted by atomic mass is 9.99. The molecule has 1 N–H and O–H groups in total. The lowest BCUT2D eigenvalue weighted by Crippen LogP contribution is -2.50. The van der Waals surface area contributed by atoms with E-state index < -0.39 is 17.7 Å². The fraction of sp³-hybridized carbons (Fsp3) is 0.286. The van der Waals surface area contributed by atoms with Gasteiger partial charge in [0.2, 0.25) is 0 Å². The Balaban J connectivity index is 1.52. The average Bonchev–Trinajstić information content (AvgIpc) is 3.32. The van der Waals surface area contributed by atoms with E-state index >= 15 is 0 Å². The Kier molecular flexibility index (Phi) is 6.89. The second-order valence-corrected chi connectivity index (χ2v) is 8.95. The molecular formula is C28H29F2N2O2+. The molecule has 176 valence electrons. The second kappa shape index (κ2) is 9.85. The molecule has 0 aromatic heterocycles. The van der Waals surface area contributed by atoms with E-state index in [2.05, 4.69) is 11.9 Å². The maximum absolute atomic E-state index is 14.1. The number of benzene rings is 3. The number of rotatable bonds is 7. The van der Waals surface area contributed by atoms with Crippen molar-refractivity contribution in [3.05, 3.63) is 89.5 Å². The van der Waals surface area contributed by atoms with Crippen LogP contribution in [0.15, 0.2) is 71.7 Å². The highest BCUT2D eigenvalue weighted by atomic mass is 19.1. The molecule has 0 fully saturated rings. The SMILES string of the molecule is CCCC[N+](C)(C(=O)O)c1ccc(-c2ccc(C3CCC(c4c(F)cccc4F)=N3)cc2)cc1. The van der Waals surface area contributed by atoms with Crippen LogP contribution in [0.1, 0.15) is 49.8 Å². The number of hydrogen-bond donors (Lipinski definition) is 1. The zero-order chi connectivity index (χ0) is 24.3. The Bertz CT molecular complexity index is 1190. The van der Waals surface area contributed by atoms with Crippen molar-refractivity contribution in [2.24, 2.45) is 4.99 Å². The highest BCUT2D eigenvalue weighted by molar-refractivity contribution is 6.02. The third kappa shape index (κ3) is 4.64. The topological polar surface area (TPSA) is 49.7 Å². The van der Waals surface area contributed by atoms with Gasteiger partial charge in [-0.15, -0.1) is 0 Å². The minimum absolute atomic E-state index is 0.0209. The van der Waals surface area contributed by atoms with Crippen LogP contribution in [0.25, 0.3) is 11.1 Å². The third-order valence-electron chi connectivity index (χ3n) is 6.66. The Morgan fingerprint density at radius 1 is 1.00 bits per heavy atom. The van der Waals surface area contributed by atoms with Gasteiger partial charge in [0.1, 0.15) is 17.3 Å². The first-order valence-corrected chi connectivity index (χ1v) is 11.6. The molecule has 0 saturated heterocycles. The Hall–Kier alpha value is -3.38. The van der Waals surface area contributed by atoms with Crippen LogP contribution in [0, 0.1) is 11.6 Å². The van der Waals surface area contributed by atoms with E-state index in [0.717, 1.165) is 35.2 Å². The van der Waals surface area contributed by atoms with Gasteiger partial charge in [0.25, 0.3) is 0 Å². The van der Waals surface area contributed by atoms with Crippen LogP contribution in [0.5, 0.6) is 0 Å². The number of unbranched alkanes of at least 4 members (excludes halogenated alkanes) is 1. The zero-order valence-corrected chi connectivity index (χ0v) is 19.5. The number of amides is 1. The molecule has 3 aromatic carbocycles. The molecule has 3 aromatic rings. The monoisotopic (exact) mass is 463 g/mol. The molecule has 34 heavy (non-hydrogen) atoms. The summed E-state index contributed by atoms with van der Waals surface area (Å²) in [6.45, 7) is 2.59. The molecule has 0 spiro atoms. The van der Waals surface area contributed by atoms with E-state index in [1.807, 2.05) is 48.5 Å². The Morgan fingerprint density at radius 2 is 1.59 bits per heavy atom. The second-order valence-electron chi connectivity index (χ2n) is 8.95. The largest absolute Gasteiger partial charge is 0.518 e. The number of nitrogens with zero attached hydrogens (tertiary/aromatic N) is 2. The van der Waals surface area contributed by atoms with Crippen molar-refractivity contribution in [2.45, 2.75) is 38.6 Å². The molecule has 0 bridgehead atoms. The first-order valence-electron chi connectivity index (χ1n) is 11.6. The highest BCUT2D eigenvalue weighted by Crippen LogP contribution is 2.34. The van der Waals surface area contributed by atoms with Gasteiger partial charge in [0.05, 0.1) is 25.2 Å². The maximum Gasteiger partial charge on any atom is 0.518 e. The summed E-state index contributed by atoms with van der Waals surface area (Å²) >= 11 is 0. The van der Waals surface area contributed by atoms with Gasteiger partial charge < -0.3 is 5.11 Å². The van der Waals surface area contributed by atoms with Crippen molar-refractivity contribution in [3.63, 3.8) is 0 Å². The first kappa shape index (κ1) is 23.8. The summed E-state index contributed by atoms with van der Waals surface area (Å²) in [4.78, 5) is 16.5. The fourth-order valence-electron chi connectivity index (χ4n) is 4.49. The molecule has 4 nitrogen and oxygen atoms in total. The van der Waals surface area contributed by atoms with Crippen molar-refractivity contribution in [1.29, 1.82) is 0 Å². The van der Waals surface area contributed by atoms with Crippen molar-refractivity contribution in [3.8, 4) is 11.1 Å². The molecule has 2 atom stereocenters. The molecule has 6 heteroatoms. The van der Waals surface area contributed by atoms with Crippen molar-refractivity contribution in [1.82, 2.24) is 4.48 Å². The average molecular weight is 464 g/mol. The van der Waals surface area contributed by atoms with Gasteiger partial charge in [0.15, 0.2) is 0 Å². The fourth-order valence-corrected chi connectivity index (χ4v) is 4.49. The summed E-state index contributed by atoms with van der Waals surface area (Å²) in [6, 6.07) is 19.4. The van der Waals surface area contributed by atoms with E-state index in [1.165, 1.54) is 18.2 Å². The Morgan fingerprint density at radius 3 is 2.15 bits per heavy atom. The van der Waals surface area contributed by atoms with Gasteiger partial charge in [-0.25, -0.2) is 8.78 Å². The van der Waals surface area contributed by atoms with Gasteiger partial charge in [-0.1, -0.05) is 43.7 Å². The lowest BCUT2D eigenvalue weighted by molar-refractivity contribution is 0.156. The van der Waals surface area contributed by atoms with E-state index in [0.29, 0.717) is 25.1 Å². The number of hydrogen-bond acceptors (Lipinski definition) is 2. The van der Waals surface area contributed by atoms with Gasteiger partial charge in [-0.3, -0.25) is 4.99 Å². The standard InChI is InChI=1S/C28H28F2N2O2/c1-3-4-18-32(2,28(33)34)22-14-12-20(13-15-22)19-8-10-21(11-9-19)25-16-17-26(31-25)27-23(29)6-5-7-24(27)30/h5-15,25H,3-4,16-18H2,1-2H3/p+1. The smallest absolute Gasteiger partial charge is 0.435 e. The number of carboxylic acid groups (broad SMARTS) is 1. The predicted octanol–water partition coefficient (Wildman–Crippen LogP) is 7.37. The molecule has 1 heterocycles. The number of carbonyl (C=O) groups is 1. The minimum Gasteiger partial charge on any atom is -0.435 e. The Labute approximate surface area is 198 Å². The molecule has 1 aliphatic heterocycles. The van der Waals surface area contributed by atoms with Crippen molar-refractivity contribution < 1.29 is 18.7 Å². The summed E-state index contributed by atoms with van der Waals surface area (Å²) in [6.07, 6.45) is 2.15. The molecule has 0 saturated carbocycles. The van der Waals surface area contributed by atoms with Crippen molar-refractivity contribution in [2.75, 3.05) is 13.6 Å². The van der Waals surface area contributed by atoms with Gasteiger partial charge in [-0.05, 0) is 60.2 Å². The zero-order valence-electron chi connectivity index (χ0n) is 19.5. The summed E-state index contributed by atoms with van der Waals surface area (Å²) in [7, 11) is 1.73. The molecule has 0 radical (unpaired) electrons. The third-order valence-corrected chi connectivity index (χ3v) is 6.66. The molecule has 4 rings (SSSR count). The summed E-state index contributed by atoms with van der Waals surface area (Å²) in [5, 5.41) is 9.78. The van der Waals surface area contributed by atoms with E-state index in [9.17, 15) is 18.7 Å². The summed E-state index contributed by atoms with van der Waals surface area (Å²) in [5.74, 6) is -1.16. The molecular weight excluding hydrogens is 434 g/mol. The number of halogens is 2. The van der Waals surface area contributed by atoms with Crippen LogP contribution in [-0.4, -0.2) is 30.5 Å². The van der Waals surface area contributed by atoms with Gasteiger partial charge in [-0.2, -0.15) is 9.28 Å². The van der Waals surface area contributed by atoms with E-state index in [-0.39, 0.29) is 16.1 Å². The van der Waals surface area contributed by atoms with Crippen LogP contribution < -0.4 is 4.48 Å². The number of aliphatic imine (C=N–C) groups is 1. The summed E-state index contributed by atoms with van der Waals surface area (Å²) in [5.41, 5.74) is 4.20. The maximum atomic E-state index is 14.1. The molecule has 1 aliphatic rings. The predicted molar refractivity (Wildman–Crippen MR) is 132 cm³/mol. The highest BCUT2D eigenvalue weighted by Gasteiger charge is 2.33. The van der Waals surface area contributed by atoms with Crippen LogP contribution in [0.3, 0.4) is 0 Å². The van der Waals surface area contributed by atoms with Crippen LogP contribution >= 0.6 is 0 Å². The van der Waals surface area contributed by atoms with Gasteiger partial charge >= 0.3 is 6.09 Å². The molecule has 1 amide bonds. The van der Waals surface area contributed by atoms with Crippen molar-refractivity contribution >= 4 is 17.5 Å². The quantitative estimate of drug-likeness (QED) is 0.372. The molecule has 0 aliphatic carbocycles. The first-order chi connectivity index (χ1) is 16.3. The molecule has 2 unspecified atom stereocenters. The lowest BCUT2D eigenvalue weighted by Gasteiger charge is -2.27. The minimum atomic E-state index is -0.864. The summed E-state index contributed by atoms with van der Waals surface area (Å²) < 4.78 is 28.1. The normalized spacial score (nSPS) is 17.3. The van der Waals surface area contributed by atoms with Crippen LogP contribution in [-0.2, 0) is 0 Å².